The number of hydrogen-bond donors (Lipinski definition) is 2. The number of carbonyl (C=O) groups is 1. The summed E-state index contributed by atoms with van der Waals surface area (Å²) in [4.78, 5) is 19.7. The first kappa shape index (κ1) is 17.7. The maximum absolute atomic E-state index is 12.7. The number of fused-ring (bicyclic) bond motifs is 1. The Kier molecular flexibility index (Phi) is 4.27. The Hall–Kier alpha value is -3.74. The third-order valence-corrected chi connectivity index (χ3v) is 4.64. The minimum absolute atomic E-state index is 0.118. The number of H-pyrrole nitrogens is 1. The second-order valence-electron chi connectivity index (χ2n) is 6.14. The van der Waals surface area contributed by atoms with Crippen molar-refractivity contribution in [2.45, 2.75) is 0 Å². The lowest BCUT2D eigenvalue weighted by Gasteiger charge is -2.14. The SMILES string of the molecule is COc1cc(-c2[nH]c(O)c3c2C(=O)N=C3c2ccccc2)cc(OC)c1OC. The highest BCUT2D eigenvalue weighted by Crippen LogP contribution is 2.44. The summed E-state index contributed by atoms with van der Waals surface area (Å²) in [7, 11) is 4.54. The third-order valence-electron chi connectivity index (χ3n) is 4.64. The van der Waals surface area contributed by atoms with Crippen LogP contribution >= 0.6 is 0 Å². The summed E-state index contributed by atoms with van der Waals surface area (Å²) in [6, 6.07) is 12.7. The predicted octanol–water partition coefficient (Wildman–Crippen LogP) is 3.40. The van der Waals surface area contributed by atoms with Gasteiger partial charge in [0.2, 0.25) is 5.75 Å². The van der Waals surface area contributed by atoms with Crippen LogP contribution in [0.25, 0.3) is 11.3 Å². The number of aromatic amines is 1. The van der Waals surface area contributed by atoms with Crippen molar-refractivity contribution in [1.29, 1.82) is 0 Å². The zero-order chi connectivity index (χ0) is 19.8. The molecule has 142 valence electrons. The van der Waals surface area contributed by atoms with Crippen LogP contribution in [-0.2, 0) is 0 Å². The summed E-state index contributed by atoms with van der Waals surface area (Å²) >= 11 is 0. The van der Waals surface area contributed by atoms with E-state index in [2.05, 4.69) is 9.98 Å². The highest BCUT2D eigenvalue weighted by Gasteiger charge is 2.34. The Labute approximate surface area is 161 Å². The first-order valence-electron chi connectivity index (χ1n) is 8.53. The van der Waals surface area contributed by atoms with E-state index in [-0.39, 0.29) is 5.88 Å². The van der Waals surface area contributed by atoms with E-state index in [1.807, 2.05) is 30.3 Å². The van der Waals surface area contributed by atoms with Crippen LogP contribution in [0.4, 0.5) is 0 Å². The minimum Gasteiger partial charge on any atom is -0.494 e. The number of methoxy groups -OCH3 is 3. The molecule has 2 N–H and O–H groups in total. The number of carbonyl (C=O) groups excluding carboxylic acids is 1. The molecular formula is C21H18N2O5. The smallest absolute Gasteiger partial charge is 0.280 e. The molecule has 2 aromatic carbocycles. The lowest BCUT2D eigenvalue weighted by Crippen LogP contribution is -1.99. The summed E-state index contributed by atoms with van der Waals surface area (Å²) in [6.07, 6.45) is 0. The molecule has 7 nitrogen and oxygen atoms in total. The van der Waals surface area contributed by atoms with Crippen molar-refractivity contribution in [1.82, 2.24) is 4.98 Å². The maximum atomic E-state index is 12.7. The van der Waals surface area contributed by atoms with E-state index >= 15 is 0 Å². The molecule has 0 atom stereocenters. The van der Waals surface area contributed by atoms with Gasteiger partial charge in [-0.25, -0.2) is 4.99 Å². The third kappa shape index (κ3) is 2.60. The summed E-state index contributed by atoms with van der Waals surface area (Å²) in [5.41, 5.74) is 2.93. The number of rotatable bonds is 5. The van der Waals surface area contributed by atoms with Crippen LogP contribution in [0.3, 0.4) is 0 Å². The van der Waals surface area contributed by atoms with Crippen molar-refractivity contribution in [2.24, 2.45) is 4.99 Å². The molecule has 0 aliphatic carbocycles. The largest absolute Gasteiger partial charge is 0.494 e. The molecule has 0 fully saturated rings. The second-order valence-corrected chi connectivity index (χ2v) is 6.14. The first-order chi connectivity index (χ1) is 13.6. The van der Waals surface area contributed by atoms with E-state index in [9.17, 15) is 9.90 Å². The molecular weight excluding hydrogens is 360 g/mol. The Bertz CT molecular complexity index is 1070. The number of benzene rings is 2. The number of ether oxygens (including phenoxy) is 3. The monoisotopic (exact) mass is 378 g/mol. The van der Waals surface area contributed by atoms with Crippen molar-refractivity contribution in [3.8, 4) is 34.4 Å². The number of aromatic hydroxyl groups is 1. The van der Waals surface area contributed by atoms with Gasteiger partial charge in [0.25, 0.3) is 5.91 Å². The van der Waals surface area contributed by atoms with E-state index in [1.165, 1.54) is 21.3 Å². The number of aliphatic imine (C=N–C) groups is 1. The Morgan fingerprint density at radius 3 is 2.11 bits per heavy atom. The van der Waals surface area contributed by atoms with Gasteiger partial charge in [-0.3, -0.25) is 4.79 Å². The maximum Gasteiger partial charge on any atom is 0.280 e. The van der Waals surface area contributed by atoms with Crippen molar-refractivity contribution in [3.63, 3.8) is 0 Å². The topological polar surface area (TPSA) is 93.1 Å². The van der Waals surface area contributed by atoms with Crippen LogP contribution in [0.1, 0.15) is 21.5 Å². The van der Waals surface area contributed by atoms with Gasteiger partial charge in [0.1, 0.15) is 0 Å². The van der Waals surface area contributed by atoms with Crippen LogP contribution in [0.5, 0.6) is 23.1 Å². The molecule has 0 radical (unpaired) electrons. The molecule has 0 spiro atoms. The average Bonchev–Trinajstić information content (AvgIpc) is 3.26. The Morgan fingerprint density at radius 1 is 0.893 bits per heavy atom. The summed E-state index contributed by atoms with van der Waals surface area (Å²) in [5, 5.41) is 10.5. The fourth-order valence-corrected chi connectivity index (χ4v) is 3.39. The van der Waals surface area contributed by atoms with Gasteiger partial charge in [-0.05, 0) is 12.1 Å². The normalized spacial score (nSPS) is 12.5. The predicted molar refractivity (Wildman–Crippen MR) is 104 cm³/mol. The zero-order valence-electron chi connectivity index (χ0n) is 15.6. The molecule has 2 heterocycles. The molecule has 0 unspecified atom stereocenters. The molecule has 0 saturated carbocycles. The summed E-state index contributed by atoms with van der Waals surface area (Å²) < 4.78 is 16.1. The molecule has 28 heavy (non-hydrogen) atoms. The standard InChI is InChI=1S/C21H18N2O5/c1-26-13-9-12(10-14(27-2)19(13)28-3)18-16-15(20(24)23-18)17(22-21(16)25)11-7-5-4-6-8-11/h4-10,23-24H,1-3H3. The molecule has 1 amide bonds. The molecule has 0 saturated heterocycles. The van der Waals surface area contributed by atoms with Gasteiger partial charge in [-0.15, -0.1) is 0 Å². The molecule has 3 aromatic rings. The summed E-state index contributed by atoms with van der Waals surface area (Å²) in [5.74, 6) is 0.777. The van der Waals surface area contributed by atoms with Gasteiger partial charge in [0.05, 0.1) is 43.9 Å². The highest BCUT2D eigenvalue weighted by molar-refractivity contribution is 6.30. The Balaban J connectivity index is 1.90. The van der Waals surface area contributed by atoms with Crippen LogP contribution < -0.4 is 14.2 Å². The first-order valence-corrected chi connectivity index (χ1v) is 8.53. The van der Waals surface area contributed by atoms with E-state index in [4.69, 9.17) is 14.2 Å². The van der Waals surface area contributed by atoms with Crippen molar-refractivity contribution >= 4 is 11.6 Å². The van der Waals surface area contributed by atoms with Gasteiger partial charge < -0.3 is 24.3 Å². The highest BCUT2D eigenvalue weighted by atomic mass is 16.5. The number of nitrogens with zero attached hydrogens (tertiary/aromatic N) is 1. The Morgan fingerprint density at radius 2 is 1.54 bits per heavy atom. The second kappa shape index (κ2) is 6.77. The van der Waals surface area contributed by atoms with Crippen molar-refractivity contribution in [2.75, 3.05) is 21.3 Å². The van der Waals surface area contributed by atoms with Crippen LogP contribution in [0.2, 0.25) is 0 Å². The minimum atomic E-state index is -0.422. The van der Waals surface area contributed by atoms with E-state index in [1.54, 1.807) is 12.1 Å². The number of nitrogens with one attached hydrogen (secondary N) is 1. The van der Waals surface area contributed by atoms with Crippen LogP contribution in [0.15, 0.2) is 47.5 Å². The quantitative estimate of drug-likeness (QED) is 0.710. The van der Waals surface area contributed by atoms with E-state index < -0.39 is 5.91 Å². The lowest BCUT2D eigenvalue weighted by atomic mass is 10.00. The molecule has 7 heteroatoms. The summed E-state index contributed by atoms with van der Waals surface area (Å²) in [6.45, 7) is 0. The van der Waals surface area contributed by atoms with Crippen molar-refractivity contribution < 1.29 is 24.1 Å². The van der Waals surface area contributed by atoms with Crippen molar-refractivity contribution in [3.05, 3.63) is 59.2 Å². The van der Waals surface area contributed by atoms with Gasteiger partial charge in [0.15, 0.2) is 17.4 Å². The fraction of sp³-hybridized carbons (Fsp3) is 0.143. The number of hydrogen-bond acceptors (Lipinski definition) is 5. The van der Waals surface area contributed by atoms with E-state index in [0.29, 0.717) is 45.3 Å². The molecule has 1 aliphatic rings. The average molecular weight is 378 g/mol. The zero-order valence-corrected chi connectivity index (χ0v) is 15.6. The van der Waals surface area contributed by atoms with Gasteiger partial charge in [-0.2, -0.15) is 0 Å². The van der Waals surface area contributed by atoms with Crippen LogP contribution in [-0.4, -0.2) is 43.0 Å². The lowest BCUT2D eigenvalue weighted by molar-refractivity contribution is 0.101. The molecule has 1 aliphatic heterocycles. The van der Waals surface area contributed by atoms with E-state index in [0.717, 1.165) is 5.56 Å². The number of aromatic nitrogens is 1. The van der Waals surface area contributed by atoms with Crippen LogP contribution in [0, 0.1) is 0 Å². The van der Waals surface area contributed by atoms with Gasteiger partial charge >= 0.3 is 0 Å². The van der Waals surface area contributed by atoms with Gasteiger partial charge in [-0.1, -0.05) is 30.3 Å². The molecule has 4 rings (SSSR count). The molecule has 1 aromatic heterocycles. The van der Waals surface area contributed by atoms with Gasteiger partial charge in [0, 0.05) is 11.1 Å². The fourth-order valence-electron chi connectivity index (χ4n) is 3.39. The molecule has 0 bridgehead atoms. The number of amides is 1.